The van der Waals surface area contributed by atoms with E-state index in [-0.39, 0.29) is 6.10 Å². The summed E-state index contributed by atoms with van der Waals surface area (Å²) in [6.07, 6.45) is 8.35. The van der Waals surface area contributed by atoms with E-state index in [0.717, 1.165) is 16.6 Å². The van der Waals surface area contributed by atoms with Gasteiger partial charge < -0.3 is 9.72 Å². The van der Waals surface area contributed by atoms with Crippen LogP contribution in [-0.2, 0) is 0 Å². The van der Waals surface area contributed by atoms with Crippen LogP contribution in [0.2, 0.25) is 0 Å². The first-order valence-electron chi connectivity index (χ1n) is 9.08. The smallest absolute Gasteiger partial charge is 0.316 e. The first-order valence-corrected chi connectivity index (χ1v) is 9.08. The number of piperidine rings is 3. The Bertz CT molecular complexity index is 878. The molecule has 128 valence electrons. The van der Waals surface area contributed by atoms with Crippen LogP contribution in [0.3, 0.4) is 0 Å². The number of hydrogen-bond donors (Lipinski definition) is 1. The minimum absolute atomic E-state index is 0.213. The van der Waals surface area contributed by atoms with Gasteiger partial charge in [-0.15, -0.1) is 0 Å². The summed E-state index contributed by atoms with van der Waals surface area (Å²) in [5.41, 5.74) is 3.27. The quantitative estimate of drug-likeness (QED) is 0.797. The maximum atomic E-state index is 6.18. The molecular weight excluding hydrogens is 312 g/mol. The largest absolute Gasteiger partial charge is 0.458 e. The Morgan fingerprint density at radius 2 is 1.88 bits per heavy atom. The van der Waals surface area contributed by atoms with Gasteiger partial charge in [0.25, 0.3) is 0 Å². The van der Waals surface area contributed by atoms with E-state index in [1.54, 1.807) is 0 Å². The number of nitrogens with one attached hydrogen (secondary N) is 1. The zero-order valence-corrected chi connectivity index (χ0v) is 14.4. The van der Waals surface area contributed by atoms with E-state index in [0.29, 0.717) is 18.0 Å². The molecule has 3 aliphatic heterocycles. The molecule has 2 aromatic heterocycles. The van der Waals surface area contributed by atoms with Gasteiger partial charge in [-0.2, -0.15) is 0 Å². The third-order valence-electron chi connectivity index (χ3n) is 5.85. The highest BCUT2D eigenvalue weighted by Gasteiger charge is 2.41. The van der Waals surface area contributed by atoms with Crippen LogP contribution in [0.1, 0.15) is 19.8 Å². The minimum atomic E-state index is 0.213. The van der Waals surface area contributed by atoms with Crippen LogP contribution < -0.4 is 4.74 Å². The van der Waals surface area contributed by atoms with Crippen molar-refractivity contribution in [3.8, 4) is 17.1 Å². The number of rotatable bonds is 3. The second-order valence-electron chi connectivity index (χ2n) is 7.23. The average molecular weight is 334 g/mol. The lowest BCUT2D eigenvalue weighted by molar-refractivity contribution is -0.0544. The molecule has 5 heterocycles. The molecule has 0 radical (unpaired) electrons. The summed E-state index contributed by atoms with van der Waals surface area (Å²) >= 11 is 0. The zero-order valence-electron chi connectivity index (χ0n) is 14.4. The molecular formula is C20H22N4O. The fourth-order valence-electron chi connectivity index (χ4n) is 4.33. The van der Waals surface area contributed by atoms with Gasteiger partial charge in [-0.3, -0.25) is 4.90 Å². The van der Waals surface area contributed by atoms with Crippen molar-refractivity contribution in [2.24, 2.45) is 5.92 Å². The summed E-state index contributed by atoms with van der Waals surface area (Å²) in [4.78, 5) is 14.7. The summed E-state index contributed by atoms with van der Waals surface area (Å²) in [6, 6.07) is 9.35. The summed E-state index contributed by atoms with van der Waals surface area (Å²) in [7, 11) is 0. The number of hydrogen-bond acceptors (Lipinski definition) is 4. The van der Waals surface area contributed by atoms with E-state index >= 15 is 0 Å². The fourth-order valence-corrected chi connectivity index (χ4v) is 4.33. The second-order valence-corrected chi connectivity index (χ2v) is 7.23. The number of H-pyrrole nitrogens is 1. The highest BCUT2D eigenvalue weighted by molar-refractivity contribution is 5.84. The van der Waals surface area contributed by atoms with Crippen molar-refractivity contribution in [3.63, 3.8) is 0 Å². The molecule has 1 aromatic carbocycles. The minimum Gasteiger partial charge on any atom is -0.458 e. The lowest BCUT2D eigenvalue weighted by atomic mass is 9.81. The first-order chi connectivity index (χ1) is 12.3. The van der Waals surface area contributed by atoms with Crippen molar-refractivity contribution in [2.45, 2.75) is 31.9 Å². The standard InChI is InChI=1S/C20H22N4O/c1-13-19(14-5-8-24(13)9-6-14)25-20-22-11-17(12-23-20)15-2-3-18-16(10-15)4-7-21-18/h2-4,7,10-14,19,21H,5-6,8-9H2,1H3. The maximum absolute atomic E-state index is 6.18. The van der Waals surface area contributed by atoms with Crippen LogP contribution >= 0.6 is 0 Å². The summed E-state index contributed by atoms with van der Waals surface area (Å²) < 4.78 is 6.18. The van der Waals surface area contributed by atoms with Crippen molar-refractivity contribution in [2.75, 3.05) is 13.1 Å². The van der Waals surface area contributed by atoms with Gasteiger partial charge >= 0.3 is 6.01 Å². The van der Waals surface area contributed by atoms with Gasteiger partial charge in [0.2, 0.25) is 0 Å². The highest BCUT2D eigenvalue weighted by Crippen LogP contribution is 2.34. The number of fused-ring (bicyclic) bond motifs is 4. The molecule has 25 heavy (non-hydrogen) atoms. The Labute approximate surface area is 147 Å². The number of aromatic amines is 1. The number of ether oxygens (including phenoxy) is 1. The Kier molecular flexibility index (Phi) is 3.48. The van der Waals surface area contributed by atoms with Crippen molar-refractivity contribution < 1.29 is 4.74 Å². The van der Waals surface area contributed by atoms with Crippen LogP contribution in [0, 0.1) is 5.92 Å². The van der Waals surface area contributed by atoms with Crippen LogP contribution in [0.4, 0.5) is 0 Å². The van der Waals surface area contributed by atoms with E-state index in [4.69, 9.17) is 4.74 Å². The molecule has 2 unspecified atom stereocenters. The third kappa shape index (κ3) is 2.59. The molecule has 2 atom stereocenters. The normalized spacial score (nSPS) is 28.4. The van der Waals surface area contributed by atoms with E-state index in [1.165, 1.54) is 31.3 Å². The van der Waals surface area contributed by atoms with E-state index in [1.807, 2.05) is 18.6 Å². The topological polar surface area (TPSA) is 54.0 Å². The number of benzene rings is 1. The summed E-state index contributed by atoms with van der Waals surface area (Å²) in [5.74, 6) is 0.638. The fraction of sp³-hybridized carbons (Fsp3) is 0.400. The summed E-state index contributed by atoms with van der Waals surface area (Å²) in [6.45, 7) is 4.66. The van der Waals surface area contributed by atoms with Crippen molar-refractivity contribution in [1.29, 1.82) is 0 Å². The van der Waals surface area contributed by atoms with E-state index in [2.05, 4.69) is 51.0 Å². The second kappa shape index (κ2) is 5.85. The molecule has 5 heteroatoms. The van der Waals surface area contributed by atoms with Gasteiger partial charge in [-0.05, 0) is 67.9 Å². The number of nitrogens with zero attached hydrogens (tertiary/aromatic N) is 3. The van der Waals surface area contributed by atoms with Gasteiger partial charge in [-0.1, -0.05) is 6.07 Å². The van der Waals surface area contributed by atoms with Crippen molar-refractivity contribution in [1.82, 2.24) is 19.9 Å². The molecule has 3 fully saturated rings. The molecule has 2 bridgehead atoms. The van der Waals surface area contributed by atoms with Gasteiger partial charge in [0.05, 0.1) is 0 Å². The molecule has 0 saturated carbocycles. The summed E-state index contributed by atoms with van der Waals surface area (Å²) in [5, 5.41) is 1.19. The first kappa shape index (κ1) is 14.9. The maximum Gasteiger partial charge on any atom is 0.316 e. The van der Waals surface area contributed by atoms with Crippen LogP contribution in [0.15, 0.2) is 42.9 Å². The molecule has 3 aliphatic rings. The van der Waals surface area contributed by atoms with Gasteiger partial charge in [0.15, 0.2) is 0 Å². The van der Waals surface area contributed by atoms with E-state index in [9.17, 15) is 0 Å². The zero-order chi connectivity index (χ0) is 16.8. The third-order valence-corrected chi connectivity index (χ3v) is 5.85. The molecule has 3 aromatic rings. The SMILES string of the molecule is CC1C(Oc2ncc(-c3ccc4[nH]ccc4c3)cn2)C2CCN1CC2. The Morgan fingerprint density at radius 3 is 2.64 bits per heavy atom. The van der Waals surface area contributed by atoms with Gasteiger partial charge in [0.1, 0.15) is 6.10 Å². The van der Waals surface area contributed by atoms with Crippen LogP contribution in [0.5, 0.6) is 6.01 Å². The van der Waals surface area contributed by atoms with Crippen molar-refractivity contribution in [3.05, 3.63) is 42.9 Å². The van der Waals surface area contributed by atoms with E-state index < -0.39 is 0 Å². The lowest BCUT2D eigenvalue weighted by Gasteiger charge is -2.48. The lowest BCUT2D eigenvalue weighted by Crippen LogP contribution is -2.58. The Morgan fingerprint density at radius 1 is 1.08 bits per heavy atom. The molecule has 1 N–H and O–H groups in total. The van der Waals surface area contributed by atoms with Crippen molar-refractivity contribution >= 4 is 10.9 Å². The van der Waals surface area contributed by atoms with Gasteiger partial charge in [0, 0.05) is 35.7 Å². The molecule has 3 saturated heterocycles. The molecule has 0 spiro atoms. The molecule has 0 amide bonds. The molecule has 6 rings (SSSR count). The van der Waals surface area contributed by atoms with Crippen LogP contribution in [-0.4, -0.2) is 45.1 Å². The van der Waals surface area contributed by atoms with Crippen LogP contribution in [0.25, 0.3) is 22.0 Å². The number of aromatic nitrogens is 3. The average Bonchev–Trinajstić information content (AvgIpc) is 3.13. The molecule has 5 nitrogen and oxygen atoms in total. The monoisotopic (exact) mass is 334 g/mol. The predicted octanol–water partition coefficient (Wildman–Crippen LogP) is 3.49. The Balaban J connectivity index is 1.36. The Hall–Kier alpha value is -2.40. The predicted molar refractivity (Wildman–Crippen MR) is 97.5 cm³/mol. The molecule has 0 aliphatic carbocycles. The highest BCUT2D eigenvalue weighted by atomic mass is 16.5. The van der Waals surface area contributed by atoms with Gasteiger partial charge in [-0.25, -0.2) is 9.97 Å².